The third kappa shape index (κ3) is 4.14. The van der Waals surface area contributed by atoms with E-state index < -0.39 is 17.6 Å². The summed E-state index contributed by atoms with van der Waals surface area (Å²) in [4.78, 5) is 11.3. The standard InChI is InChI=1S/C23H16ClF2NO3/c24-18-4-6-22(30-13-16-3-5-19(25)11-20(16)26)17(9-18)12-27-8-7-14-1-2-15(23(28)29)10-21(14)27/h1-11H,12-13H2,(H,28,29). The van der Waals surface area contributed by atoms with E-state index in [1.165, 1.54) is 12.1 Å². The minimum Gasteiger partial charge on any atom is -0.488 e. The molecule has 152 valence electrons. The number of fused-ring (bicyclic) bond motifs is 1. The average Bonchev–Trinajstić information content (AvgIpc) is 3.10. The van der Waals surface area contributed by atoms with Crippen LogP contribution in [0.2, 0.25) is 5.02 Å². The van der Waals surface area contributed by atoms with Gasteiger partial charge in [0.1, 0.15) is 24.0 Å². The first-order valence-corrected chi connectivity index (χ1v) is 9.46. The molecule has 0 saturated heterocycles. The Balaban J connectivity index is 1.63. The minimum atomic E-state index is -1.00. The first-order chi connectivity index (χ1) is 14.4. The van der Waals surface area contributed by atoms with Crippen molar-refractivity contribution in [3.05, 3.63) is 100 Å². The number of carboxylic acids is 1. The van der Waals surface area contributed by atoms with E-state index in [2.05, 4.69) is 0 Å². The third-order valence-corrected chi connectivity index (χ3v) is 5.02. The molecule has 0 spiro atoms. The smallest absolute Gasteiger partial charge is 0.335 e. The molecule has 30 heavy (non-hydrogen) atoms. The highest BCUT2D eigenvalue weighted by Gasteiger charge is 2.12. The number of aromatic nitrogens is 1. The number of halogens is 3. The predicted molar refractivity (Wildman–Crippen MR) is 110 cm³/mol. The van der Waals surface area contributed by atoms with Gasteiger partial charge in [-0.25, -0.2) is 13.6 Å². The molecule has 1 N–H and O–H groups in total. The lowest BCUT2D eigenvalue weighted by Crippen LogP contribution is -2.05. The van der Waals surface area contributed by atoms with E-state index in [0.29, 0.717) is 17.3 Å². The summed E-state index contributed by atoms with van der Waals surface area (Å²) in [7, 11) is 0. The quantitative estimate of drug-likeness (QED) is 0.417. The number of ether oxygens (including phenoxy) is 1. The van der Waals surface area contributed by atoms with Crippen LogP contribution in [0.3, 0.4) is 0 Å². The van der Waals surface area contributed by atoms with Crippen molar-refractivity contribution in [2.24, 2.45) is 0 Å². The minimum absolute atomic E-state index is 0.0731. The van der Waals surface area contributed by atoms with Crippen LogP contribution in [0.5, 0.6) is 5.75 Å². The van der Waals surface area contributed by atoms with E-state index in [9.17, 15) is 18.7 Å². The normalized spacial score (nSPS) is 11.0. The molecule has 0 radical (unpaired) electrons. The molecule has 0 amide bonds. The molecular weight excluding hydrogens is 412 g/mol. The molecule has 0 fully saturated rings. The van der Waals surface area contributed by atoms with Crippen LogP contribution in [0.15, 0.2) is 66.9 Å². The summed E-state index contributed by atoms with van der Waals surface area (Å²) in [5, 5.41) is 10.7. The SMILES string of the molecule is O=C(O)c1ccc2ccn(Cc3cc(Cl)ccc3OCc3ccc(F)cc3F)c2c1. The molecule has 0 aliphatic carbocycles. The molecule has 4 rings (SSSR count). The number of nitrogens with zero attached hydrogens (tertiary/aromatic N) is 1. The van der Waals surface area contributed by atoms with Crippen molar-refractivity contribution < 1.29 is 23.4 Å². The number of hydrogen-bond donors (Lipinski definition) is 1. The van der Waals surface area contributed by atoms with Gasteiger partial charge in [-0.1, -0.05) is 17.7 Å². The lowest BCUT2D eigenvalue weighted by atomic mass is 10.1. The van der Waals surface area contributed by atoms with Gasteiger partial charge in [0, 0.05) is 33.9 Å². The zero-order valence-corrected chi connectivity index (χ0v) is 16.4. The summed E-state index contributed by atoms with van der Waals surface area (Å²) in [5.41, 5.74) is 1.92. The molecule has 3 aromatic carbocycles. The lowest BCUT2D eigenvalue weighted by Gasteiger charge is -2.14. The number of carboxylic acid groups (broad SMARTS) is 1. The predicted octanol–water partition coefficient (Wildman–Crippen LogP) is 5.90. The molecule has 4 aromatic rings. The van der Waals surface area contributed by atoms with Crippen LogP contribution in [0, 0.1) is 11.6 Å². The van der Waals surface area contributed by atoms with Gasteiger partial charge >= 0.3 is 5.97 Å². The maximum absolute atomic E-state index is 13.9. The maximum atomic E-state index is 13.9. The van der Waals surface area contributed by atoms with Crippen LogP contribution in [0.4, 0.5) is 8.78 Å². The Morgan fingerprint density at radius 1 is 1.00 bits per heavy atom. The number of hydrogen-bond acceptors (Lipinski definition) is 2. The monoisotopic (exact) mass is 427 g/mol. The lowest BCUT2D eigenvalue weighted by molar-refractivity contribution is 0.0697. The topological polar surface area (TPSA) is 51.5 Å². The maximum Gasteiger partial charge on any atom is 0.335 e. The largest absolute Gasteiger partial charge is 0.488 e. The molecule has 0 aliphatic rings. The van der Waals surface area contributed by atoms with Crippen LogP contribution in [0.25, 0.3) is 10.9 Å². The second-order valence-electron chi connectivity index (χ2n) is 6.80. The first kappa shape index (κ1) is 19.9. The van der Waals surface area contributed by atoms with Crippen molar-refractivity contribution in [3.8, 4) is 5.75 Å². The van der Waals surface area contributed by atoms with E-state index in [4.69, 9.17) is 16.3 Å². The fraction of sp³-hybridized carbons (Fsp3) is 0.0870. The highest BCUT2D eigenvalue weighted by molar-refractivity contribution is 6.30. The Hall–Kier alpha value is -3.38. The van der Waals surface area contributed by atoms with Crippen LogP contribution >= 0.6 is 11.6 Å². The summed E-state index contributed by atoms with van der Waals surface area (Å²) < 4.78 is 34.7. The fourth-order valence-electron chi connectivity index (χ4n) is 3.24. The molecule has 0 aliphatic heterocycles. The zero-order chi connectivity index (χ0) is 21.3. The van der Waals surface area contributed by atoms with Crippen molar-refractivity contribution in [1.82, 2.24) is 4.57 Å². The molecule has 0 bridgehead atoms. The average molecular weight is 428 g/mol. The van der Waals surface area contributed by atoms with Crippen LogP contribution in [0.1, 0.15) is 21.5 Å². The van der Waals surface area contributed by atoms with Crippen LogP contribution < -0.4 is 4.74 Å². The van der Waals surface area contributed by atoms with Crippen molar-refractivity contribution in [2.45, 2.75) is 13.2 Å². The molecule has 1 aromatic heterocycles. The van der Waals surface area contributed by atoms with Gasteiger partial charge in [-0.15, -0.1) is 0 Å². The summed E-state index contributed by atoms with van der Waals surface area (Å²) in [6, 6.07) is 15.2. The number of rotatable bonds is 6. The highest BCUT2D eigenvalue weighted by atomic mass is 35.5. The molecular formula is C23H16ClF2NO3. The first-order valence-electron chi connectivity index (χ1n) is 9.08. The van der Waals surface area contributed by atoms with Crippen molar-refractivity contribution >= 4 is 28.5 Å². The number of aromatic carboxylic acids is 1. The molecule has 4 nitrogen and oxygen atoms in total. The van der Waals surface area contributed by atoms with Gasteiger partial charge < -0.3 is 14.4 Å². The van der Waals surface area contributed by atoms with Crippen molar-refractivity contribution in [1.29, 1.82) is 0 Å². The third-order valence-electron chi connectivity index (χ3n) is 4.78. The molecule has 0 saturated carbocycles. The summed E-state index contributed by atoms with van der Waals surface area (Å²) in [6.45, 7) is 0.296. The Kier molecular flexibility index (Phi) is 5.42. The number of benzene rings is 3. The Morgan fingerprint density at radius 2 is 1.83 bits per heavy atom. The van der Waals surface area contributed by atoms with E-state index >= 15 is 0 Å². The summed E-state index contributed by atoms with van der Waals surface area (Å²) in [6.07, 6.45) is 1.85. The van der Waals surface area contributed by atoms with Gasteiger partial charge in [-0.05, 0) is 53.9 Å². The van der Waals surface area contributed by atoms with Crippen molar-refractivity contribution in [3.63, 3.8) is 0 Å². The van der Waals surface area contributed by atoms with Crippen molar-refractivity contribution in [2.75, 3.05) is 0 Å². The number of carbonyl (C=O) groups is 1. The second-order valence-corrected chi connectivity index (χ2v) is 7.24. The van der Waals surface area contributed by atoms with E-state index in [1.807, 2.05) is 16.8 Å². The van der Waals surface area contributed by atoms with Gasteiger partial charge in [0.05, 0.1) is 12.1 Å². The highest BCUT2D eigenvalue weighted by Crippen LogP contribution is 2.27. The molecule has 1 heterocycles. The van der Waals surface area contributed by atoms with Gasteiger partial charge in [-0.2, -0.15) is 0 Å². The van der Waals surface area contributed by atoms with E-state index in [0.717, 1.165) is 22.5 Å². The van der Waals surface area contributed by atoms with Gasteiger partial charge in [0.2, 0.25) is 0 Å². The fourth-order valence-corrected chi connectivity index (χ4v) is 3.44. The van der Waals surface area contributed by atoms with Gasteiger partial charge in [0.15, 0.2) is 0 Å². The van der Waals surface area contributed by atoms with Crippen LogP contribution in [-0.4, -0.2) is 15.6 Å². The Bertz CT molecular complexity index is 1250. The summed E-state index contributed by atoms with van der Waals surface area (Å²) in [5.74, 6) is -1.83. The van der Waals surface area contributed by atoms with Gasteiger partial charge in [0.25, 0.3) is 0 Å². The zero-order valence-electron chi connectivity index (χ0n) is 15.6. The molecule has 7 heteroatoms. The molecule has 0 unspecified atom stereocenters. The summed E-state index contributed by atoms with van der Waals surface area (Å²) >= 11 is 6.16. The Labute approximate surface area is 175 Å². The molecule has 0 atom stereocenters. The van der Waals surface area contributed by atoms with Gasteiger partial charge in [-0.3, -0.25) is 0 Å². The van der Waals surface area contributed by atoms with E-state index in [1.54, 1.807) is 36.4 Å². The van der Waals surface area contributed by atoms with E-state index in [-0.39, 0.29) is 17.7 Å². The Morgan fingerprint density at radius 3 is 2.60 bits per heavy atom. The van der Waals surface area contributed by atoms with Crippen LogP contribution in [-0.2, 0) is 13.2 Å². The second kappa shape index (κ2) is 8.16.